The van der Waals surface area contributed by atoms with Gasteiger partial charge in [-0.25, -0.2) is 9.97 Å². The molecule has 3 heterocycles. The highest BCUT2D eigenvalue weighted by molar-refractivity contribution is 5.95. The number of likely N-dealkylation sites (tertiary alicyclic amines) is 1. The largest absolute Gasteiger partial charge is 0.493 e. The van der Waals surface area contributed by atoms with Crippen LogP contribution in [0.3, 0.4) is 0 Å². The topological polar surface area (TPSA) is 95.8 Å². The van der Waals surface area contributed by atoms with Crippen LogP contribution in [0.4, 0.5) is 0 Å². The second-order valence-corrected chi connectivity index (χ2v) is 7.27. The van der Waals surface area contributed by atoms with Crippen molar-refractivity contribution in [2.75, 3.05) is 34.4 Å². The number of hydrogen-bond donors (Lipinski definition) is 0. The van der Waals surface area contributed by atoms with Gasteiger partial charge in [0.25, 0.3) is 11.5 Å². The van der Waals surface area contributed by atoms with Crippen LogP contribution in [0.5, 0.6) is 17.2 Å². The highest BCUT2D eigenvalue weighted by Gasteiger charge is 2.27. The number of carbonyl (C=O) groups is 1. The fourth-order valence-electron chi connectivity index (χ4n) is 3.97. The maximum atomic E-state index is 13.1. The number of pyridine rings is 1. The molecule has 2 aromatic heterocycles. The third kappa shape index (κ3) is 3.78. The van der Waals surface area contributed by atoms with Gasteiger partial charge in [0, 0.05) is 30.9 Å². The Morgan fingerprint density at radius 2 is 1.71 bits per heavy atom. The Morgan fingerprint density at radius 3 is 2.32 bits per heavy atom. The van der Waals surface area contributed by atoms with E-state index in [4.69, 9.17) is 14.2 Å². The molecule has 162 valence electrons. The fraction of sp³-hybridized carbons (Fsp3) is 0.364. The van der Waals surface area contributed by atoms with Crippen molar-refractivity contribution in [2.24, 2.45) is 0 Å². The number of aromatic nitrogens is 3. The van der Waals surface area contributed by atoms with Gasteiger partial charge < -0.3 is 19.1 Å². The van der Waals surface area contributed by atoms with E-state index in [1.807, 2.05) is 0 Å². The van der Waals surface area contributed by atoms with Gasteiger partial charge in [0.2, 0.25) is 5.75 Å². The summed E-state index contributed by atoms with van der Waals surface area (Å²) in [5.41, 5.74) is 0.801. The van der Waals surface area contributed by atoms with E-state index in [1.54, 1.807) is 46.3 Å². The lowest BCUT2D eigenvalue weighted by atomic mass is 10.0. The summed E-state index contributed by atoms with van der Waals surface area (Å²) in [6.45, 7) is 1.05. The van der Waals surface area contributed by atoms with Crippen molar-refractivity contribution in [1.29, 1.82) is 0 Å². The van der Waals surface area contributed by atoms with Crippen LogP contribution >= 0.6 is 0 Å². The maximum absolute atomic E-state index is 13.1. The van der Waals surface area contributed by atoms with E-state index in [0.717, 1.165) is 0 Å². The minimum Gasteiger partial charge on any atom is -0.493 e. The molecule has 1 aromatic carbocycles. The third-order valence-corrected chi connectivity index (χ3v) is 5.61. The summed E-state index contributed by atoms with van der Waals surface area (Å²) < 4.78 is 17.7. The van der Waals surface area contributed by atoms with Gasteiger partial charge in [-0.1, -0.05) is 0 Å². The number of fused-ring (bicyclic) bond motifs is 1. The number of rotatable bonds is 5. The number of nitrogens with zero attached hydrogens (tertiary/aromatic N) is 4. The Labute approximate surface area is 179 Å². The van der Waals surface area contributed by atoms with Crippen molar-refractivity contribution in [1.82, 2.24) is 19.4 Å². The van der Waals surface area contributed by atoms with Crippen molar-refractivity contribution >= 4 is 16.9 Å². The Balaban J connectivity index is 1.52. The minimum atomic E-state index is -0.120. The first-order valence-electron chi connectivity index (χ1n) is 9.98. The van der Waals surface area contributed by atoms with Crippen LogP contribution in [0.25, 0.3) is 11.0 Å². The van der Waals surface area contributed by atoms with Crippen LogP contribution in [-0.4, -0.2) is 59.8 Å². The molecular weight excluding hydrogens is 400 g/mol. The molecule has 0 unspecified atom stereocenters. The summed E-state index contributed by atoms with van der Waals surface area (Å²) in [6, 6.07) is 6.75. The van der Waals surface area contributed by atoms with Gasteiger partial charge in [-0.15, -0.1) is 0 Å². The SMILES string of the molecule is COc1cc(C(=O)N2CCC(n3cnc4ncccc4c3=O)CC2)cc(OC)c1OC. The van der Waals surface area contributed by atoms with Crippen LogP contribution in [-0.2, 0) is 0 Å². The average molecular weight is 424 g/mol. The molecule has 0 atom stereocenters. The number of carbonyl (C=O) groups excluding carboxylic acids is 1. The summed E-state index contributed by atoms with van der Waals surface area (Å²) in [5.74, 6) is 1.19. The molecule has 0 saturated carbocycles. The minimum absolute atomic E-state index is 0.0198. The molecule has 31 heavy (non-hydrogen) atoms. The summed E-state index contributed by atoms with van der Waals surface area (Å²) in [4.78, 5) is 36.1. The summed E-state index contributed by atoms with van der Waals surface area (Å²) in [6.07, 6.45) is 4.48. The van der Waals surface area contributed by atoms with Crippen LogP contribution < -0.4 is 19.8 Å². The predicted octanol–water partition coefficient (Wildman–Crippen LogP) is 2.29. The molecule has 0 radical (unpaired) electrons. The molecule has 4 rings (SSSR count). The lowest BCUT2D eigenvalue weighted by molar-refractivity contribution is 0.0692. The normalized spacial score (nSPS) is 14.5. The molecule has 9 nitrogen and oxygen atoms in total. The lowest BCUT2D eigenvalue weighted by Gasteiger charge is -2.33. The first kappa shape index (κ1) is 20.6. The number of benzene rings is 1. The molecule has 0 spiro atoms. The van der Waals surface area contributed by atoms with Gasteiger partial charge in [0.15, 0.2) is 17.1 Å². The quantitative estimate of drug-likeness (QED) is 0.620. The molecule has 1 saturated heterocycles. The Kier molecular flexibility index (Phi) is 5.75. The molecule has 9 heteroatoms. The van der Waals surface area contributed by atoms with Gasteiger partial charge >= 0.3 is 0 Å². The average Bonchev–Trinajstić information content (AvgIpc) is 2.83. The molecule has 3 aromatic rings. The smallest absolute Gasteiger partial charge is 0.263 e. The van der Waals surface area contributed by atoms with Gasteiger partial charge in [-0.2, -0.15) is 0 Å². The second kappa shape index (κ2) is 8.63. The standard InChI is InChI=1S/C22H24N4O5/c1-29-17-11-14(12-18(30-2)19(17)31-3)21(27)25-9-6-15(7-10-25)26-13-24-20-16(22(26)28)5-4-8-23-20/h4-5,8,11-13,15H,6-7,9-10H2,1-3H3. The van der Waals surface area contributed by atoms with Crippen molar-refractivity contribution < 1.29 is 19.0 Å². The van der Waals surface area contributed by atoms with E-state index in [2.05, 4.69) is 9.97 Å². The monoisotopic (exact) mass is 424 g/mol. The third-order valence-electron chi connectivity index (χ3n) is 5.61. The molecular formula is C22H24N4O5. The molecule has 1 aliphatic rings. The maximum Gasteiger partial charge on any atom is 0.263 e. The molecule has 0 bridgehead atoms. The van der Waals surface area contributed by atoms with Crippen molar-refractivity contribution in [3.8, 4) is 17.2 Å². The summed E-state index contributed by atoms with van der Waals surface area (Å²) >= 11 is 0. The molecule has 1 amide bonds. The number of hydrogen-bond acceptors (Lipinski definition) is 7. The highest BCUT2D eigenvalue weighted by Crippen LogP contribution is 2.38. The first-order chi connectivity index (χ1) is 15.1. The highest BCUT2D eigenvalue weighted by atomic mass is 16.5. The molecule has 1 fully saturated rings. The van der Waals surface area contributed by atoms with E-state index in [9.17, 15) is 9.59 Å². The molecule has 0 aliphatic carbocycles. The van der Waals surface area contributed by atoms with Crippen LogP contribution in [0, 0.1) is 0 Å². The summed E-state index contributed by atoms with van der Waals surface area (Å²) in [5, 5.41) is 0.501. The Morgan fingerprint density at radius 1 is 1.03 bits per heavy atom. The van der Waals surface area contributed by atoms with Crippen molar-refractivity contribution in [3.63, 3.8) is 0 Å². The zero-order valence-electron chi connectivity index (χ0n) is 17.7. The van der Waals surface area contributed by atoms with E-state index < -0.39 is 0 Å². The number of piperidine rings is 1. The van der Waals surface area contributed by atoms with E-state index in [1.165, 1.54) is 21.3 Å². The lowest BCUT2D eigenvalue weighted by Crippen LogP contribution is -2.41. The fourth-order valence-corrected chi connectivity index (χ4v) is 3.97. The van der Waals surface area contributed by atoms with Gasteiger partial charge in [0.05, 0.1) is 26.7 Å². The zero-order chi connectivity index (χ0) is 22.0. The van der Waals surface area contributed by atoms with E-state index >= 15 is 0 Å². The van der Waals surface area contributed by atoms with Crippen LogP contribution in [0.15, 0.2) is 41.6 Å². The predicted molar refractivity (Wildman–Crippen MR) is 114 cm³/mol. The first-order valence-corrected chi connectivity index (χ1v) is 9.98. The van der Waals surface area contributed by atoms with E-state index in [0.29, 0.717) is 59.8 Å². The van der Waals surface area contributed by atoms with Gasteiger partial charge in [0.1, 0.15) is 6.33 Å². The molecule has 1 aliphatic heterocycles. The van der Waals surface area contributed by atoms with Gasteiger partial charge in [-0.05, 0) is 37.1 Å². The number of amides is 1. The van der Waals surface area contributed by atoms with Crippen LogP contribution in [0.2, 0.25) is 0 Å². The Hall–Kier alpha value is -3.62. The number of ether oxygens (including phenoxy) is 3. The van der Waals surface area contributed by atoms with Crippen molar-refractivity contribution in [3.05, 3.63) is 52.7 Å². The summed E-state index contributed by atoms with van der Waals surface area (Å²) in [7, 11) is 4.55. The molecule has 0 N–H and O–H groups in total. The van der Waals surface area contributed by atoms with Crippen LogP contribution in [0.1, 0.15) is 29.2 Å². The Bertz CT molecular complexity index is 1140. The second-order valence-electron chi connectivity index (χ2n) is 7.27. The number of methoxy groups -OCH3 is 3. The van der Waals surface area contributed by atoms with Crippen molar-refractivity contribution in [2.45, 2.75) is 18.9 Å². The zero-order valence-corrected chi connectivity index (χ0v) is 17.7. The van der Waals surface area contributed by atoms with Gasteiger partial charge in [-0.3, -0.25) is 14.2 Å². The van der Waals surface area contributed by atoms with E-state index in [-0.39, 0.29) is 17.5 Å².